The first-order valence-corrected chi connectivity index (χ1v) is 4.41. The molecule has 0 saturated heterocycles. The maximum atomic E-state index is 5.38. The lowest BCUT2D eigenvalue weighted by molar-refractivity contribution is -0.0398. The number of halogens is 1. The van der Waals surface area contributed by atoms with Crippen LogP contribution in [0, 0.1) is 6.92 Å². The van der Waals surface area contributed by atoms with Crippen LogP contribution in [0.4, 0.5) is 0 Å². The van der Waals surface area contributed by atoms with Gasteiger partial charge in [-0.2, -0.15) is 0 Å². The highest BCUT2D eigenvalue weighted by Crippen LogP contribution is 2.30. The van der Waals surface area contributed by atoms with Gasteiger partial charge in [-0.25, -0.2) is 5.90 Å². The minimum absolute atomic E-state index is 0.573. The summed E-state index contributed by atoms with van der Waals surface area (Å²) < 4.78 is 6.08. The summed E-state index contributed by atoms with van der Waals surface area (Å²) >= 11 is 3.24. The normalized spacial score (nSPS) is 12.1. The largest absolute Gasteiger partial charge is 0.451 e. The second-order valence-corrected chi connectivity index (χ2v) is 3.97. The lowest BCUT2D eigenvalue weighted by Gasteiger charge is -2.19. The average molecular weight is 234 g/mol. The Balaban J connectivity index is 3.09. The third kappa shape index (κ3) is 1.71. The predicted molar refractivity (Wildman–Crippen MR) is 49.4 cm³/mol. The van der Waals surface area contributed by atoms with E-state index in [0.29, 0.717) is 4.67 Å². The van der Waals surface area contributed by atoms with Crippen molar-refractivity contribution < 1.29 is 9.25 Å². The highest BCUT2D eigenvalue weighted by atomic mass is 79.9. The number of hydrogen-bond acceptors (Lipinski definition) is 3. The van der Waals surface area contributed by atoms with E-state index in [4.69, 9.17) is 15.2 Å². The third-order valence-electron chi connectivity index (χ3n) is 1.73. The fraction of sp³-hybridized carbons (Fsp3) is 0.500. The number of aryl methyl sites for hydroxylation is 1. The molecule has 3 nitrogen and oxygen atoms in total. The third-order valence-corrected chi connectivity index (χ3v) is 2.12. The second-order valence-electron chi connectivity index (χ2n) is 3.19. The molecule has 0 aliphatic carbocycles. The lowest BCUT2D eigenvalue weighted by atomic mass is 10.0. The summed E-state index contributed by atoms with van der Waals surface area (Å²) in [4.78, 5) is 4.80. The van der Waals surface area contributed by atoms with E-state index < -0.39 is 5.60 Å². The molecular weight excluding hydrogens is 222 g/mol. The zero-order valence-corrected chi connectivity index (χ0v) is 8.94. The van der Waals surface area contributed by atoms with Gasteiger partial charge in [-0.3, -0.25) is 4.84 Å². The topological polar surface area (TPSA) is 48.4 Å². The molecule has 0 unspecified atom stereocenters. The van der Waals surface area contributed by atoms with Crippen LogP contribution in [0.3, 0.4) is 0 Å². The molecule has 0 atom stereocenters. The van der Waals surface area contributed by atoms with Crippen molar-refractivity contribution in [2.75, 3.05) is 0 Å². The average Bonchev–Trinajstić information content (AvgIpc) is 2.31. The van der Waals surface area contributed by atoms with Gasteiger partial charge in [0.2, 0.25) is 0 Å². The molecule has 1 aromatic rings. The number of nitrogens with two attached hydrogens (primary N) is 1. The fourth-order valence-electron chi connectivity index (χ4n) is 1.09. The molecule has 1 rings (SSSR count). The van der Waals surface area contributed by atoms with Crippen molar-refractivity contribution in [1.82, 2.24) is 0 Å². The summed E-state index contributed by atoms with van der Waals surface area (Å²) in [5.74, 6) is 5.89. The highest BCUT2D eigenvalue weighted by molar-refractivity contribution is 9.10. The van der Waals surface area contributed by atoms with E-state index in [1.54, 1.807) is 0 Å². The second kappa shape index (κ2) is 3.20. The first kappa shape index (κ1) is 9.77. The fourth-order valence-corrected chi connectivity index (χ4v) is 1.60. The minimum Gasteiger partial charge on any atom is -0.451 e. The van der Waals surface area contributed by atoms with Crippen molar-refractivity contribution in [3.05, 3.63) is 22.1 Å². The van der Waals surface area contributed by atoms with Gasteiger partial charge in [0.05, 0.1) is 0 Å². The van der Waals surface area contributed by atoms with E-state index >= 15 is 0 Å². The molecule has 0 radical (unpaired) electrons. The smallest absolute Gasteiger partial charge is 0.169 e. The lowest BCUT2D eigenvalue weighted by Crippen LogP contribution is -2.25. The van der Waals surface area contributed by atoms with Crippen molar-refractivity contribution >= 4 is 15.9 Å². The Labute approximate surface area is 80.0 Å². The van der Waals surface area contributed by atoms with Crippen LogP contribution in [0.25, 0.3) is 0 Å². The van der Waals surface area contributed by atoms with E-state index in [1.807, 2.05) is 26.8 Å². The van der Waals surface area contributed by atoms with Crippen LogP contribution >= 0.6 is 15.9 Å². The van der Waals surface area contributed by atoms with Gasteiger partial charge in [0, 0.05) is 0 Å². The molecule has 1 aromatic heterocycles. The van der Waals surface area contributed by atoms with Crippen LogP contribution in [-0.4, -0.2) is 0 Å². The van der Waals surface area contributed by atoms with E-state index in [2.05, 4.69) is 15.9 Å². The van der Waals surface area contributed by atoms with Gasteiger partial charge in [0.1, 0.15) is 11.4 Å². The summed E-state index contributed by atoms with van der Waals surface area (Å²) in [6.07, 6.45) is 0. The molecule has 0 spiro atoms. The van der Waals surface area contributed by atoms with Crippen molar-refractivity contribution in [1.29, 1.82) is 0 Å². The molecule has 0 aliphatic rings. The molecule has 0 bridgehead atoms. The highest BCUT2D eigenvalue weighted by Gasteiger charge is 2.27. The number of furan rings is 1. The van der Waals surface area contributed by atoms with E-state index in [0.717, 1.165) is 11.3 Å². The Morgan fingerprint density at radius 1 is 1.58 bits per heavy atom. The Morgan fingerprint density at radius 2 is 2.17 bits per heavy atom. The molecule has 0 fully saturated rings. The van der Waals surface area contributed by atoms with Gasteiger partial charge in [-0.05, 0) is 48.3 Å². The summed E-state index contributed by atoms with van der Waals surface area (Å²) in [6, 6.07) is 1.89. The van der Waals surface area contributed by atoms with Gasteiger partial charge >= 0.3 is 0 Å². The Bertz CT molecular complexity index is 281. The molecule has 0 amide bonds. The molecular formula is C8H12BrNO2. The summed E-state index contributed by atoms with van der Waals surface area (Å²) in [6.45, 7) is 5.65. The SMILES string of the molecule is Cc1cc(Br)oc1C(C)(C)ON. The Hall–Kier alpha value is -0.320. The molecule has 1 heterocycles. The number of rotatable bonds is 2. The quantitative estimate of drug-likeness (QED) is 0.799. The van der Waals surface area contributed by atoms with Gasteiger partial charge < -0.3 is 4.42 Å². The van der Waals surface area contributed by atoms with Crippen molar-refractivity contribution in [2.45, 2.75) is 26.4 Å². The number of hydrogen-bond donors (Lipinski definition) is 1. The molecule has 4 heteroatoms. The van der Waals surface area contributed by atoms with E-state index in [-0.39, 0.29) is 0 Å². The molecule has 68 valence electrons. The molecule has 0 aliphatic heterocycles. The van der Waals surface area contributed by atoms with Gasteiger partial charge in [0.15, 0.2) is 4.67 Å². The Morgan fingerprint density at radius 3 is 2.50 bits per heavy atom. The molecule has 0 aromatic carbocycles. The van der Waals surface area contributed by atoms with Crippen LogP contribution in [0.5, 0.6) is 0 Å². The van der Waals surface area contributed by atoms with Crippen LogP contribution in [0.1, 0.15) is 25.2 Å². The van der Waals surface area contributed by atoms with Crippen LogP contribution in [-0.2, 0) is 10.4 Å². The zero-order chi connectivity index (χ0) is 9.35. The van der Waals surface area contributed by atoms with E-state index in [9.17, 15) is 0 Å². The van der Waals surface area contributed by atoms with Crippen molar-refractivity contribution in [2.24, 2.45) is 5.90 Å². The van der Waals surface area contributed by atoms with Crippen molar-refractivity contribution in [3.63, 3.8) is 0 Å². The standard InChI is InChI=1S/C8H12BrNO2/c1-5-4-6(9)11-7(5)8(2,3)12-10/h4H,10H2,1-3H3. The van der Waals surface area contributed by atoms with Gasteiger partial charge in [-0.15, -0.1) is 0 Å². The molecule has 2 N–H and O–H groups in total. The maximum Gasteiger partial charge on any atom is 0.169 e. The summed E-state index contributed by atoms with van der Waals surface area (Å²) in [7, 11) is 0. The van der Waals surface area contributed by atoms with Gasteiger partial charge in [0.25, 0.3) is 0 Å². The maximum absolute atomic E-state index is 5.38. The van der Waals surface area contributed by atoms with Crippen LogP contribution < -0.4 is 5.90 Å². The monoisotopic (exact) mass is 233 g/mol. The van der Waals surface area contributed by atoms with Crippen molar-refractivity contribution in [3.8, 4) is 0 Å². The van der Waals surface area contributed by atoms with Gasteiger partial charge in [-0.1, -0.05) is 0 Å². The van der Waals surface area contributed by atoms with E-state index in [1.165, 1.54) is 0 Å². The Kier molecular flexibility index (Phi) is 2.61. The molecule has 0 saturated carbocycles. The summed E-state index contributed by atoms with van der Waals surface area (Å²) in [5, 5.41) is 0. The predicted octanol–water partition coefficient (Wildman–Crippen LogP) is 2.48. The first-order chi connectivity index (χ1) is 5.47. The zero-order valence-electron chi connectivity index (χ0n) is 7.35. The van der Waals surface area contributed by atoms with Crippen LogP contribution in [0.15, 0.2) is 15.2 Å². The minimum atomic E-state index is -0.573. The molecule has 12 heavy (non-hydrogen) atoms. The summed E-state index contributed by atoms with van der Waals surface area (Å²) in [5.41, 5.74) is 0.452. The first-order valence-electron chi connectivity index (χ1n) is 3.61. The van der Waals surface area contributed by atoms with Crippen LogP contribution in [0.2, 0.25) is 0 Å².